The molecular weight excluding hydrogens is 216 g/mol. The topological polar surface area (TPSA) is 49.4 Å². The summed E-state index contributed by atoms with van der Waals surface area (Å²) >= 11 is 0. The summed E-state index contributed by atoms with van der Waals surface area (Å²) in [5.41, 5.74) is 0. The Morgan fingerprint density at radius 2 is 2.24 bits per heavy atom. The highest BCUT2D eigenvalue weighted by atomic mass is 16.2. The summed E-state index contributed by atoms with van der Waals surface area (Å²) < 4.78 is 0. The van der Waals surface area contributed by atoms with Crippen LogP contribution in [-0.4, -0.2) is 35.3 Å². The Morgan fingerprint density at radius 1 is 1.53 bits per heavy atom. The summed E-state index contributed by atoms with van der Waals surface area (Å²) in [4.78, 5) is 25.4. The minimum absolute atomic E-state index is 0.00324. The number of nitrogens with zero attached hydrogens (tertiary/aromatic N) is 1. The molecule has 2 amide bonds. The zero-order valence-corrected chi connectivity index (χ0v) is 10.1. The second-order valence-corrected chi connectivity index (χ2v) is 4.82. The maximum absolute atomic E-state index is 12.2. The number of piperazine rings is 1. The van der Waals surface area contributed by atoms with E-state index in [-0.39, 0.29) is 30.4 Å². The van der Waals surface area contributed by atoms with E-state index in [4.69, 9.17) is 6.42 Å². The quantitative estimate of drug-likeness (QED) is 0.721. The van der Waals surface area contributed by atoms with E-state index in [0.717, 1.165) is 25.7 Å². The molecule has 92 valence electrons. The van der Waals surface area contributed by atoms with Gasteiger partial charge in [-0.2, -0.15) is 0 Å². The van der Waals surface area contributed by atoms with Gasteiger partial charge in [0.1, 0.15) is 12.6 Å². The molecule has 17 heavy (non-hydrogen) atoms. The Bertz CT molecular complexity index is 368. The van der Waals surface area contributed by atoms with Gasteiger partial charge in [0.25, 0.3) is 0 Å². The number of hydrogen-bond acceptors (Lipinski definition) is 2. The highest BCUT2D eigenvalue weighted by Gasteiger charge is 2.43. The van der Waals surface area contributed by atoms with Crippen molar-refractivity contribution in [1.82, 2.24) is 10.2 Å². The lowest BCUT2D eigenvalue weighted by molar-refractivity contribution is -0.146. The SMILES string of the molecule is C#CC(CCC)N1CC(=O)NC(C2CC2)C1=O. The smallest absolute Gasteiger partial charge is 0.246 e. The van der Waals surface area contributed by atoms with Gasteiger partial charge in [0.15, 0.2) is 0 Å². The van der Waals surface area contributed by atoms with Crippen LogP contribution in [0.25, 0.3) is 0 Å². The van der Waals surface area contributed by atoms with Gasteiger partial charge in [0.2, 0.25) is 11.8 Å². The number of amides is 2. The summed E-state index contributed by atoms with van der Waals surface area (Å²) in [6, 6.07) is -0.566. The average molecular weight is 234 g/mol. The molecule has 2 unspecified atom stereocenters. The monoisotopic (exact) mass is 234 g/mol. The standard InChI is InChI=1S/C13H18N2O2/c1-3-5-10(4-2)15-8-11(16)14-12(13(15)17)9-6-7-9/h2,9-10,12H,3,5-8H2,1H3,(H,14,16). The third-order valence-corrected chi connectivity index (χ3v) is 3.40. The van der Waals surface area contributed by atoms with Crippen LogP contribution in [0.2, 0.25) is 0 Å². The minimum Gasteiger partial charge on any atom is -0.342 e. The summed E-state index contributed by atoms with van der Waals surface area (Å²) in [6.07, 6.45) is 9.18. The molecule has 1 aliphatic carbocycles. The van der Waals surface area contributed by atoms with Crippen LogP contribution in [0.3, 0.4) is 0 Å². The molecule has 2 aliphatic rings. The van der Waals surface area contributed by atoms with E-state index in [1.54, 1.807) is 4.90 Å². The molecule has 0 aromatic rings. The van der Waals surface area contributed by atoms with E-state index < -0.39 is 0 Å². The minimum atomic E-state index is -0.330. The van der Waals surface area contributed by atoms with E-state index in [0.29, 0.717) is 5.92 Å². The van der Waals surface area contributed by atoms with Crippen molar-refractivity contribution in [2.45, 2.75) is 44.7 Å². The predicted molar refractivity (Wildman–Crippen MR) is 63.9 cm³/mol. The highest BCUT2D eigenvalue weighted by Crippen LogP contribution is 2.34. The van der Waals surface area contributed by atoms with Crippen LogP contribution in [0.15, 0.2) is 0 Å². The summed E-state index contributed by atoms with van der Waals surface area (Å²) in [5.74, 6) is 2.87. The van der Waals surface area contributed by atoms with Gasteiger partial charge in [0, 0.05) is 0 Å². The van der Waals surface area contributed by atoms with E-state index in [1.165, 1.54) is 0 Å². The molecule has 0 bridgehead atoms. The van der Waals surface area contributed by atoms with Crippen molar-refractivity contribution in [2.75, 3.05) is 6.54 Å². The molecule has 2 rings (SSSR count). The number of rotatable bonds is 4. The fourth-order valence-electron chi connectivity index (χ4n) is 2.31. The van der Waals surface area contributed by atoms with Crippen molar-refractivity contribution >= 4 is 11.8 Å². The van der Waals surface area contributed by atoms with Crippen molar-refractivity contribution < 1.29 is 9.59 Å². The van der Waals surface area contributed by atoms with Crippen molar-refractivity contribution in [2.24, 2.45) is 5.92 Å². The first-order valence-corrected chi connectivity index (χ1v) is 6.23. The average Bonchev–Trinajstić information content (AvgIpc) is 3.13. The normalized spacial score (nSPS) is 26.4. The van der Waals surface area contributed by atoms with Gasteiger partial charge in [0.05, 0.1) is 6.04 Å². The number of terminal acetylenes is 1. The lowest BCUT2D eigenvalue weighted by atomic mass is 10.0. The molecule has 2 fully saturated rings. The van der Waals surface area contributed by atoms with Gasteiger partial charge in [-0.1, -0.05) is 19.3 Å². The van der Waals surface area contributed by atoms with E-state index in [2.05, 4.69) is 11.2 Å². The van der Waals surface area contributed by atoms with Gasteiger partial charge >= 0.3 is 0 Å². The van der Waals surface area contributed by atoms with Gasteiger partial charge in [-0.15, -0.1) is 6.42 Å². The van der Waals surface area contributed by atoms with Gasteiger partial charge < -0.3 is 10.2 Å². The van der Waals surface area contributed by atoms with Crippen molar-refractivity contribution in [1.29, 1.82) is 0 Å². The lowest BCUT2D eigenvalue weighted by Crippen LogP contribution is -2.61. The van der Waals surface area contributed by atoms with Gasteiger partial charge in [-0.25, -0.2) is 0 Å². The summed E-state index contributed by atoms with van der Waals surface area (Å²) in [6.45, 7) is 2.13. The predicted octanol–water partition coefficient (Wildman–Crippen LogP) is 0.525. The van der Waals surface area contributed by atoms with Crippen LogP contribution in [0, 0.1) is 18.3 Å². The third-order valence-electron chi connectivity index (χ3n) is 3.40. The Balaban J connectivity index is 2.11. The Morgan fingerprint density at radius 3 is 2.76 bits per heavy atom. The van der Waals surface area contributed by atoms with Crippen LogP contribution < -0.4 is 5.32 Å². The molecule has 4 heteroatoms. The molecule has 4 nitrogen and oxygen atoms in total. The Kier molecular flexibility index (Phi) is 3.37. The Labute approximate surface area is 102 Å². The second-order valence-electron chi connectivity index (χ2n) is 4.82. The zero-order chi connectivity index (χ0) is 12.4. The first kappa shape index (κ1) is 12.0. The van der Waals surface area contributed by atoms with Gasteiger partial charge in [-0.3, -0.25) is 9.59 Å². The fraction of sp³-hybridized carbons (Fsp3) is 0.692. The molecule has 0 aromatic heterocycles. The molecule has 1 heterocycles. The van der Waals surface area contributed by atoms with Crippen molar-refractivity contribution in [3.8, 4) is 12.3 Å². The fourth-order valence-corrected chi connectivity index (χ4v) is 2.31. The summed E-state index contributed by atoms with van der Waals surface area (Å²) in [5, 5.41) is 2.78. The first-order valence-electron chi connectivity index (χ1n) is 6.23. The molecule has 1 aliphatic heterocycles. The molecule has 0 radical (unpaired) electrons. The van der Waals surface area contributed by atoms with Crippen LogP contribution >= 0.6 is 0 Å². The van der Waals surface area contributed by atoms with E-state index in [1.807, 2.05) is 6.92 Å². The first-order chi connectivity index (χ1) is 8.17. The van der Waals surface area contributed by atoms with E-state index >= 15 is 0 Å². The second kappa shape index (κ2) is 4.79. The maximum Gasteiger partial charge on any atom is 0.246 e. The summed E-state index contributed by atoms with van der Waals surface area (Å²) in [7, 11) is 0. The number of carbonyl (C=O) groups excluding carboxylic acids is 2. The zero-order valence-electron chi connectivity index (χ0n) is 10.1. The van der Waals surface area contributed by atoms with Crippen LogP contribution in [-0.2, 0) is 9.59 Å². The van der Waals surface area contributed by atoms with Crippen LogP contribution in [0.4, 0.5) is 0 Å². The third kappa shape index (κ3) is 2.44. The molecule has 1 saturated heterocycles. The number of hydrogen-bond donors (Lipinski definition) is 1. The highest BCUT2D eigenvalue weighted by molar-refractivity contribution is 5.95. The molecule has 1 N–H and O–H groups in total. The maximum atomic E-state index is 12.2. The molecule has 2 atom stereocenters. The van der Waals surface area contributed by atoms with Crippen LogP contribution in [0.1, 0.15) is 32.6 Å². The molecule has 0 spiro atoms. The molecular formula is C13H18N2O2. The van der Waals surface area contributed by atoms with Crippen molar-refractivity contribution in [3.05, 3.63) is 0 Å². The molecule has 0 aromatic carbocycles. The van der Waals surface area contributed by atoms with Crippen LogP contribution in [0.5, 0.6) is 0 Å². The number of carbonyl (C=O) groups is 2. The largest absolute Gasteiger partial charge is 0.342 e. The Hall–Kier alpha value is -1.50. The van der Waals surface area contributed by atoms with Crippen molar-refractivity contribution in [3.63, 3.8) is 0 Å². The van der Waals surface area contributed by atoms with Gasteiger partial charge in [-0.05, 0) is 25.2 Å². The molecule has 1 saturated carbocycles. The lowest BCUT2D eigenvalue weighted by Gasteiger charge is -2.36. The van der Waals surface area contributed by atoms with E-state index in [9.17, 15) is 9.59 Å². The number of nitrogens with one attached hydrogen (secondary N) is 1.